The van der Waals surface area contributed by atoms with Crippen LogP contribution >= 0.6 is 0 Å². The van der Waals surface area contributed by atoms with Gasteiger partial charge in [0.05, 0.1) is 19.8 Å². The highest BCUT2D eigenvalue weighted by Crippen LogP contribution is 2.28. The van der Waals surface area contributed by atoms with Crippen molar-refractivity contribution in [1.82, 2.24) is 0 Å². The third-order valence-corrected chi connectivity index (χ3v) is 4.83. The summed E-state index contributed by atoms with van der Waals surface area (Å²) in [7, 11) is 0. The van der Waals surface area contributed by atoms with Crippen LogP contribution in [0.15, 0.2) is 30.3 Å². The summed E-state index contributed by atoms with van der Waals surface area (Å²) in [6.07, 6.45) is -12.3. The van der Waals surface area contributed by atoms with Crippen molar-refractivity contribution in [2.75, 3.05) is 13.2 Å². The van der Waals surface area contributed by atoms with Gasteiger partial charge in [0.25, 0.3) is 0 Å². The molecule has 2 saturated heterocycles. The second-order valence-electron chi connectivity index (χ2n) is 6.85. The fraction of sp³-hybridized carbons (Fsp3) is 0.667. The Kier molecular flexibility index (Phi) is 7.34. The van der Waals surface area contributed by atoms with Crippen molar-refractivity contribution >= 4 is 0 Å². The monoisotopic (exact) mass is 402 g/mol. The van der Waals surface area contributed by atoms with Gasteiger partial charge in [0.2, 0.25) is 0 Å². The quantitative estimate of drug-likeness (QED) is 0.300. The third kappa shape index (κ3) is 4.69. The highest BCUT2D eigenvalue weighted by Gasteiger charge is 2.49. The molecule has 0 bridgehead atoms. The summed E-state index contributed by atoms with van der Waals surface area (Å²) in [4.78, 5) is 0. The summed E-state index contributed by atoms with van der Waals surface area (Å²) in [5, 5.41) is 59.4. The van der Waals surface area contributed by atoms with Gasteiger partial charge in [-0.15, -0.1) is 0 Å². The molecule has 2 heterocycles. The predicted molar refractivity (Wildman–Crippen MR) is 91.6 cm³/mol. The molecule has 10 nitrogen and oxygen atoms in total. The summed E-state index contributed by atoms with van der Waals surface area (Å²) in [5.41, 5.74) is 0.818. The Morgan fingerprint density at radius 2 is 1.61 bits per heavy atom. The molecule has 2 fully saturated rings. The van der Waals surface area contributed by atoms with Crippen molar-refractivity contribution in [3.05, 3.63) is 35.9 Å². The largest absolute Gasteiger partial charge is 0.394 e. The van der Waals surface area contributed by atoms with Crippen LogP contribution in [0.4, 0.5) is 0 Å². The Hall–Kier alpha value is -1.18. The summed E-state index contributed by atoms with van der Waals surface area (Å²) >= 11 is 0. The minimum atomic E-state index is -1.58. The molecule has 158 valence electrons. The predicted octanol–water partition coefficient (Wildman–Crippen LogP) is -2.53. The minimum absolute atomic E-state index is 0.0990. The lowest BCUT2D eigenvalue weighted by molar-refractivity contribution is -0.358. The van der Waals surface area contributed by atoms with E-state index in [4.69, 9.17) is 18.9 Å². The lowest BCUT2D eigenvalue weighted by atomic mass is 9.98. The smallest absolute Gasteiger partial charge is 0.187 e. The first kappa shape index (κ1) is 21.5. The molecule has 0 spiro atoms. The molecule has 2 aliphatic heterocycles. The standard InChI is InChI=1S/C18H26O10/c19-6-11-13(22)14(23)16(28-17-15(24)12(21)10(20)8-26-17)18(27-11)25-7-9-4-2-1-3-5-9/h1-5,10-24H,6-8H2/t10-,11-,12+,13-,14+,15-,16-,17+,18+/m1/s1. The van der Waals surface area contributed by atoms with Crippen LogP contribution in [0.1, 0.15) is 5.56 Å². The number of rotatable bonds is 6. The lowest BCUT2D eigenvalue weighted by Crippen LogP contribution is -2.63. The molecular weight excluding hydrogens is 376 g/mol. The zero-order valence-corrected chi connectivity index (χ0v) is 15.0. The molecule has 9 atom stereocenters. The highest BCUT2D eigenvalue weighted by molar-refractivity contribution is 5.13. The second-order valence-corrected chi connectivity index (χ2v) is 6.85. The van der Waals surface area contributed by atoms with Crippen LogP contribution in [0.3, 0.4) is 0 Å². The van der Waals surface area contributed by atoms with Crippen LogP contribution in [-0.2, 0) is 25.6 Å². The molecule has 10 heteroatoms. The average molecular weight is 402 g/mol. The van der Waals surface area contributed by atoms with E-state index >= 15 is 0 Å². The number of ether oxygens (including phenoxy) is 4. The van der Waals surface area contributed by atoms with Gasteiger partial charge in [-0.2, -0.15) is 0 Å². The molecule has 28 heavy (non-hydrogen) atoms. The van der Waals surface area contributed by atoms with E-state index < -0.39 is 61.9 Å². The molecule has 0 amide bonds. The van der Waals surface area contributed by atoms with Crippen molar-refractivity contribution < 1.29 is 49.6 Å². The third-order valence-electron chi connectivity index (χ3n) is 4.83. The van der Waals surface area contributed by atoms with Gasteiger partial charge in [-0.05, 0) is 5.56 Å². The minimum Gasteiger partial charge on any atom is -0.394 e. The molecule has 1 aromatic carbocycles. The first-order valence-electron chi connectivity index (χ1n) is 9.01. The number of aliphatic hydroxyl groups is 6. The molecule has 0 aliphatic carbocycles. The maximum atomic E-state index is 10.4. The Labute approximate surface area is 161 Å². The molecule has 3 rings (SSSR count). The van der Waals surface area contributed by atoms with Crippen molar-refractivity contribution in [3.8, 4) is 0 Å². The first-order valence-corrected chi connectivity index (χ1v) is 9.01. The Bertz CT molecular complexity index is 601. The summed E-state index contributed by atoms with van der Waals surface area (Å²) in [6, 6.07) is 9.12. The topological polar surface area (TPSA) is 158 Å². The van der Waals surface area contributed by atoms with Crippen LogP contribution < -0.4 is 0 Å². The fourth-order valence-electron chi connectivity index (χ4n) is 3.14. The average Bonchev–Trinajstić information content (AvgIpc) is 2.71. The van der Waals surface area contributed by atoms with E-state index in [2.05, 4.69) is 0 Å². The number of benzene rings is 1. The van der Waals surface area contributed by atoms with Crippen LogP contribution in [0.2, 0.25) is 0 Å². The molecular formula is C18H26O10. The fourth-order valence-corrected chi connectivity index (χ4v) is 3.14. The molecule has 2 aliphatic rings. The van der Waals surface area contributed by atoms with E-state index in [1.165, 1.54) is 0 Å². The second kappa shape index (κ2) is 9.55. The van der Waals surface area contributed by atoms with Crippen LogP contribution in [-0.4, -0.2) is 99.2 Å². The van der Waals surface area contributed by atoms with Gasteiger partial charge >= 0.3 is 0 Å². The van der Waals surface area contributed by atoms with Gasteiger partial charge in [-0.1, -0.05) is 30.3 Å². The Morgan fingerprint density at radius 1 is 0.893 bits per heavy atom. The van der Waals surface area contributed by atoms with Gasteiger partial charge in [0.15, 0.2) is 12.6 Å². The normalized spacial score (nSPS) is 41.7. The van der Waals surface area contributed by atoms with E-state index in [0.717, 1.165) is 5.56 Å². The summed E-state index contributed by atoms with van der Waals surface area (Å²) in [6.45, 7) is -0.741. The zero-order chi connectivity index (χ0) is 20.3. The number of aliphatic hydroxyl groups excluding tert-OH is 6. The van der Waals surface area contributed by atoms with E-state index in [9.17, 15) is 30.6 Å². The van der Waals surface area contributed by atoms with Crippen LogP contribution in [0.25, 0.3) is 0 Å². The highest BCUT2D eigenvalue weighted by atomic mass is 16.7. The maximum Gasteiger partial charge on any atom is 0.187 e. The summed E-state index contributed by atoms with van der Waals surface area (Å²) < 4.78 is 21.9. The maximum absolute atomic E-state index is 10.4. The lowest BCUT2D eigenvalue weighted by Gasteiger charge is -2.44. The number of hydrogen-bond donors (Lipinski definition) is 6. The zero-order valence-electron chi connectivity index (χ0n) is 15.0. The van der Waals surface area contributed by atoms with Crippen LogP contribution in [0, 0.1) is 0 Å². The molecule has 0 aromatic heterocycles. The van der Waals surface area contributed by atoms with Crippen molar-refractivity contribution in [1.29, 1.82) is 0 Å². The van der Waals surface area contributed by atoms with Crippen molar-refractivity contribution in [2.24, 2.45) is 0 Å². The molecule has 0 unspecified atom stereocenters. The van der Waals surface area contributed by atoms with E-state index in [1.807, 2.05) is 30.3 Å². The van der Waals surface area contributed by atoms with Gasteiger partial charge in [-0.25, -0.2) is 0 Å². The molecule has 0 saturated carbocycles. The van der Waals surface area contributed by atoms with E-state index in [-0.39, 0.29) is 13.2 Å². The molecule has 0 radical (unpaired) electrons. The Morgan fingerprint density at radius 3 is 2.29 bits per heavy atom. The first-order chi connectivity index (χ1) is 13.4. The Balaban J connectivity index is 1.72. The van der Waals surface area contributed by atoms with Crippen LogP contribution in [0.5, 0.6) is 0 Å². The van der Waals surface area contributed by atoms with Gasteiger partial charge in [-0.3, -0.25) is 0 Å². The van der Waals surface area contributed by atoms with Gasteiger partial charge < -0.3 is 49.6 Å². The molecule has 1 aromatic rings. The van der Waals surface area contributed by atoms with Crippen molar-refractivity contribution in [3.63, 3.8) is 0 Å². The number of hydrogen-bond acceptors (Lipinski definition) is 10. The van der Waals surface area contributed by atoms with E-state index in [0.29, 0.717) is 0 Å². The van der Waals surface area contributed by atoms with Crippen molar-refractivity contribution in [2.45, 2.75) is 61.9 Å². The van der Waals surface area contributed by atoms with E-state index in [1.54, 1.807) is 0 Å². The summed E-state index contributed by atoms with van der Waals surface area (Å²) in [5.74, 6) is 0. The molecule has 6 N–H and O–H groups in total. The SMILES string of the molecule is OC[C@H]1O[C@H](OCc2ccccc2)[C@H](O[C@@H]2OC[C@@H](O)[C@H](O)[C@H]2O)[C@@H](O)[C@@H]1O. The van der Waals surface area contributed by atoms with Gasteiger partial charge in [0, 0.05) is 0 Å². The van der Waals surface area contributed by atoms with Gasteiger partial charge in [0.1, 0.15) is 42.7 Å².